The van der Waals surface area contributed by atoms with Gasteiger partial charge in [0.05, 0.1) is 17.8 Å². The minimum absolute atomic E-state index is 0.225. The first-order valence-electron chi connectivity index (χ1n) is 12.6. The summed E-state index contributed by atoms with van der Waals surface area (Å²) in [5, 5.41) is 3.45. The predicted molar refractivity (Wildman–Crippen MR) is 134 cm³/mol. The van der Waals surface area contributed by atoms with Crippen LogP contribution in [0.2, 0.25) is 0 Å². The lowest BCUT2D eigenvalue weighted by Gasteiger charge is -2.32. The summed E-state index contributed by atoms with van der Waals surface area (Å²) in [6.45, 7) is 19.1. The van der Waals surface area contributed by atoms with E-state index in [4.69, 9.17) is 23.8 Å². The summed E-state index contributed by atoms with van der Waals surface area (Å²) in [7, 11) is -0.329. The Morgan fingerprint density at radius 3 is 2.03 bits per heavy atom. The number of esters is 1. The first-order valence-corrected chi connectivity index (χ1v) is 12.6. The van der Waals surface area contributed by atoms with E-state index in [2.05, 4.69) is 45.1 Å². The molecule has 4 heterocycles. The number of hydrogen-bond acceptors (Lipinski definition) is 7. The number of rotatable bonds is 3. The predicted octanol–water partition coefficient (Wildman–Crippen LogP) is 3.70. The highest BCUT2D eigenvalue weighted by atomic mass is 16.7. The van der Waals surface area contributed by atoms with Crippen molar-refractivity contribution in [2.75, 3.05) is 26.3 Å². The maximum absolute atomic E-state index is 10.2. The van der Waals surface area contributed by atoms with Gasteiger partial charge in [0.15, 0.2) is 0 Å². The molecule has 1 atom stereocenters. The monoisotopic (exact) mass is 474 g/mol. The SMILES string of the molecule is CC(=O)OC(C)(C)C.CC1(C)OB(c2cc(C3CCNCC3)nc(C3CCOC3)c2)OC1(C)C. The fourth-order valence-corrected chi connectivity index (χ4v) is 4.45. The van der Waals surface area contributed by atoms with Crippen molar-refractivity contribution >= 4 is 18.6 Å². The summed E-state index contributed by atoms with van der Waals surface area (Å²) >= 11 is 0. The van der Waals surface area contributed by atoms with Gasteiger partial charge in [0, 0.05) is 36.8 Å². The van der Waals surface area contributed by atoms with E-state index in [0.29, 0.717) is 11.8 Å². The summed E-state index contributed by atoms with van der Waals surface area (Å²) in [5.74, 6) is 0.676. The average molecular weight is 474 g/mol. The van der Waals surface area contributed by atoms with Gasteiger partial charge in [0.2, 0.25) is 0 Å². The van der Waals surface area contributed by atoms with Crippen LogP contribution in [0.1, 0.15) is 97.9 Å². The Hall–Kier alpha value is -1.48. The summed E-state index contributed by atoms with van der Waals surface area (Å²) in [5.41, 5.74) is 2.46. The highest BCUT2D eigenvalue weighted by molar-refractivity contribution is 6.62. The Bertz CT molecular complexity index is 824. The number of hydrogen-bond donors (Lipinski definition) is 1. The molecule has 1 unspecified atom stereocenters. The van der Waals surface area contributed by atoms with Crippen LogP contribution < -0.4 is 10.8 Å². The maximum atomic E-state index is 10.2. The van der Waals surface area contributed by atoms with Gasteiger partial charge in [-0.2, -0.15) is 0 Å². The lowest BCUT2D eigenvalue weighted by atomic mass is 9.77. The first kappa shape index (κ1) is 27.1. The van der Waals surface area contributed by atoms with Crippen LogP contribution in [0.25, 0.3) is 0 Å². The van der Waals surface area contributed by atoms with Gasteiger partial charge in [-0.15, -0.1) is 0 Å². The summed E-state index contributed by atoms with van der Waals surface area (Å²) in [6.07, 6.45) is 3.33. The number of piperidine rings is 1. The summed E-state index contributed by atoms with van der Waals surface area (Å²) in [6, 6.07) is 4.41. The lowest BCUT2D eigenvalue weighted by molar-refractivity contribution is -0.151. The van der Waals surface area contributed by atoms with Crippen LogP contribution in [0.15, 0.2) is 12.1 Å². The third kappa shape index (κ3) is 7.03. The van der Waals surface area contributed by atoms with Crippen molar-refractivity contribution in [3.05, 3.63) is 23.5 Å². The van der Waals surface area contributed by atoms with Gasteiger partial charge in [-0.1, -0.05) is 0 Å². The van der Waals surface area contributed by atoms with Crippen LogP contribution in [0.3, 0.4) is 0 Å². The number of pyridine rings is 1. The van der Waals surface area contributed by atoms with Crippen molar-refractivity contribution in [1.29, 1.82) is 0 Å². The molecule has 3 aliphatic heterocycles. The van der Waals surface area contributed by atoms with Crippen molar-refractivity contribution in [2.24, 2.45) is 0 Å². The zero-order valence-corrected chi connectivity index (χ0v) is 22.3. The van der Waals surface area contributed by atoms with Crippen molar-refractivity contribution in [1.82, 2.24) is 10.3 Å². The molecule has 0 aliphatic carbocycles. The number of carbonyl (C=O) groups is 1. The molecule has 34 heavy (non-hydrogen) atoms. The second-order valence-corrected chi connectivity index (χ2v) is 11.6. The fourth-order valence-electron chi connectivity index (χ4n) is 4.45. The molecule has 0 aromatic carbocycles. The molecule has 1 aromatic heterocycles. The van der Waals surface area contributed by atoms with Gasteiger partial charge in [0.1, 0.15) is 5.60 Å². The van der Waals surface area contributed by atoms with Gasteiger partial charge in [-0.3, -0.25) is 9.78 Å². The average Bonchev–Trinajstić information content (AvgIpc) is 3.33. The molecule has 0 spiro atoms. The van der Waals surface area contributed by atoms with Crippen LogP contribution in [0.4, 0.5) is 0 Å². The van der Waals surface area contributed by atoms with Gasteiger partial charge in [0.25, 0.3) is 0 Å². The van der Waals surface area contributed by atoms with Crippen LogP contribution in [-0.4, -0.2) is 61.2 Å². The molecule has 7 nitrogen and oxygen atoms in total. The highest BCUT2D eigenvalue weighted by Crippen LogP contribution is 2.37. The summed E-state index contributed by atoms with van der Waals surface area (Å²) in [4.78, 5) is 15.3. The highest BCUT2D eigenvalue weighted by Gasteiger charge is 2.52. The van der Waals surface area contributed by atoms with E-state index in [9.17, 15) is 4.79 Å². The first-order chi connectivity index (χ1) is 15.8. The van der Waals surface area contributed by atoms with Crippen LogP contribution in [0.5, 0.6) is 0 Å². The van der Waals surface area contributed by atoms with Crippen molar-refractivity contribution in [2.45, 2.75) is 103 Å². The van der Waals surface area contributed by atoms with E-state index < -0.39 is 0 Å². The number of ether oxygens (including phenoxy) is 2. The normalized spacial score (nSPS) is 24.5. The largest absolute Gasteiger partial charge is 0.494 e. The Morgan fingerprint density at radius 2 is 1.59 bits per heavy atom. The smallest absolute Gasteiger partial charge is 0.460 e. The zero-order valence-electron chi connectivity index (χ0n) is 22.3. The van der Waals surface area contributed by atoms with E-state index in [0.717, 1.165) is 56.7 Å². The molecule has 1 N–H and O–H groups in total. The van der Waals surface area contributed by atoms with E-state index in [-0.39, 0.29) is 29.9 Å². The molecule has 1 aromatic rings. The number of carbonyl (C=O) groups excluding carboxylic acids is 1. The van der Waals surface area contributed by atoms with Gasteiger partial charge in [-0.05, 0) is 98.4 Å². The molecule has 190 valence electrons. The molecule has 0 saturated carbocycles. The third-order valence-electron chi connectivity index (χ3n) is 6.97. The third-order valence-corrected chi connectivity index (χ3v) is 6.97. The number of aromatic nitrogens is 1. The second kappa shape index (κ2) is 10.6. The van der Waals surface area contributed by atoms with E-state index in [1.165, 1.54) is 12.6 Å². The summed E-state index contributed by atoms with van der Waals surface area (Å²) < 4.78 is 23.0. The number of nitrogens with one attached hydrogen (secondary N) is 1. The van der Waals surface area contributed by atoms with E-state index in [1.54, 1.807) is 0 Å². The molecular formula is C26H43BN2O5. The molecule has 8 heteroatoms. The van der Waals surface area contributed by atoms with E-state index in [1.807, 2.05) is 20.8 Å². The minimum atomic E-state index is -0.329. The van der Waals surface area contributed by atoms with Crippen molar-refractivity contribution in [3.8, 4) is 0 Å². The van der Waals surface area contributed by atoms with Gasteiger partial charge >= 0.3 is 13.1 Å². The standard InChI is InChI=1S/C20H31BN2O3.C6H12O2/c1-19(2)20(3,4)26-21(25-19)16-11-17(14-5-8-22-9-6-14)23-18(12-16)15-7-10-24-13-15;1-5(7)8-6(2,3)4/h11-12,14-15,22H,5-10,13H2,1-4H3;1-4H3. The van der Waals surface area contributed by atoms with Gasteiger partial charge < -0.3 is 24.1 Å². The van der Waals surface area contributed by atoms with Crippen molar-refractivity contribution in [3.63, 3.8) is 0 Å². The van der Waals surface area contributed by atoms with Crippen LogP contribution in [-0.2, 0) is 23.6 Å². The van der Waals surface area contributed by atoms with Gasteiger partial charge in [-0.25, -0.2) is 0 Å². The Morgan fingerprint density at radius 1 is 1.03 bits per heavy atom. The molecule has 0 bridgehead atoms. The zero-order chi connectivity index (χ0) is 25.1. The fraction of sp³-hybridized carbons (Fsp3) is 0.769. The molecule has 3 aliphatic rings. The lowest BCUT2D eigenvalue weighted by Crippen LogP contribution is -2.41. The quantitative estimate of drug-likeness (QED) is 0.529. The molecule has 3 fully saturated rings. The maximum Gasteiger partial charge on any atom is 0.494 e. The Kier molecular flexibility index (Phi) is 8.49. The Balaban J connectivity index is 0.000000350. The van der Waals surface area contributed by atoms with Crippen molar-refractivity contribution < 1.29 is 23.6 Å². The van der Waals surface area contributed by atoms with Crippen LogP contribution >= 0.6 is 0 Å². The topological polar surface area (TPSA) is 78.9 Å². The molecule has 0 radical (unpaired) electrons. The molecular weight excluding hydrogens is 431 g/mol. The Labute approximate surface area is 205 Å². The molecule has 0 amide bonds. The van der Waals surface area contributed by atoms with Crippen LogP contribution in [0, 0.1) is 0 Å². The van der Waals surface area contributed by atoms with E-state index >= 15 is 0 Å². The second-order valence-electron chi connectivity index (χ2n) is 11.6. The molecule has 3 saturated heterocycles. The molecule has 4 rings (SSSR count). The number of nitrogens with zero attached hydrogens (tertiary/aromatic N) is 1. The minimum Gasteiger partial charge on any atom is -0.460 e.